The van der Waals surface area contributed by atoms with Crippen LogP contribution >= 0.6 is 0 Å². The van der Waals surface area contributed by atoms with Gasteiger partial charge >= 0.3 is 0 Å². The number of fused-ring (bicyclic) bond motifs is 2. The second kappa shape index (κ2) is 3.81. The Balaban J connectivity index is 1.96. The van der Waals surface area contributed by atoms with Gasteiger partial charge < -0.3 is 0 Å². The van der Waals surface area contributed by atoms with Crippen LogP contribution in [0.5, 0.6) is 0 Å². The minimum Gasteiger partial charge on any atom is -0.299 e. The molecular formula is C17H20O. The van der Waals surface area contributed by atoms with Crippen LogP contribution in [0.3, 0.4) is 0 Å². The molecule has 0 N–H and O–H groups in total. The summed E-state index contributed by atoms with van der Waals surface area (Å²) in [6.07, 6.45) is 7.35. The molecule has 1 heteroatoms. The number of benzene rings is 1. The molecule has 94 valence electrons. The van der Waals surface area contributed by atoms with E-state index in [2.05, 4.69) is 38.1 Å². The molecule has 0 spiro atoms. The highest BCUT2D eigenvalue weighted by Crippen LogP contribution is 2.64. The zero-order valence-corrected chi connectivity index (χ0v) is 11.1. The van der Waals surface area contributed by atoms with Crippen molar-refractivity contribution in [3.63, 3.8) is 0 Å². The zero-order valence-electron chi connectivity index (χ0n) is 11.1. The monoisotopic (exact) mass is 240 g/mol. The van der Waals surface area contributed by atoms with E-state index >= 15 is 0 Å². The molecule has 18 heavy (non-hydrogen) atoms. The molecule has 2 unspecified atom stereocenters. The minimum atomic E-state index is -0.201. The molecule has 0 heterocycles. The standard InChI is InChI=1S/C17H20O/c1-16(2)14-9-11-17(16,15(18)12-14)10-8-13-6-4-3-5-7-13/h3-8,10,14H,9,11-12H2,1-2H3/b10-8-. The molecule has 1 aromatic carbocycles. The Kier molecular flexibility index (Phi) is 2.48. The first kappa shape index (κ1) is 11.7. The second-order valence-electron chi connectivity index (χ2n) is 6.30. The van der Waals surface area contributed by atoms with Crippen LogP contribution in [0.15, 0.2) is 36.4 Å². The van der Waals surface area contributed by atoms with Gasteiger partial charge in [-0.15, -0.1) is 0 Å². The average Bonchev–Trinajstić information content (AvgIpc) is 2.72. The summed E-state index contributed by atoms with van der Waals surface area (Å²) in [7, 11) is 0. The molecule has 1 nitrogen and oxygen atoms in total. The molecule has 2 atom stereocenters. The Morgan fingerprint density at radius 1 is 1.22 bits per heavy atom. The molecule has 2 bridgehead atoms. The van der Waals surface area contributed by atoms with Gasteiger partial charge in [0.05, 0.1) is 5.41 Å². The zero-order chi connectivity index (χ0) is 12.8. The van der Waals surface area contributed by atoms with Crippen LogP contribution < -0.4 is 0 Å². The van der Waals surface area contributed by atoms with Gasteiger partial charge in [-0.25, -0.2) is 0 Å². The lowest BCUT2D eigenvalue weighted by molar-refractivity contribution is -0.126. The lowest BCUT2D eigenvalue weighted by Crippen LogP contribution is -2.33. The molecular weight excluding hydrogens is 220 g/mol. The van der Waals surface area contributed by atoms with E-state index in [1.54, 1.807) is 0 Å². The van der Waals surface area contributed by atoms with Crippen molar-refractivity contribution in [2.45, 2.75) is 33.1 Å². The minimum absolute atomic E-state index is 0.134. The molecule has 0 amide bonds. The van der Waals surface area contributed by atoms with Crippen LogP contribution in [-0.4, -0.2) is 5.78 Å². The van der Waals surface area contributed by atoms with Crippen LogP contribution in [0.2, 0.25) is 0 Å². The summed E-state index contributed by atoms with van der Waals surface area (Å²) in [5, 5.41) is 0. The first-order valence-corrected chi connectivity index (χ1v) is 6.84. The molecule has 2 aliphatic carbocycles. The SMILES string of the molecule is CC1(C)C2CCC1(/C=C\c1ccccc1)C(=O)C2. The number of allylic oxidation sites excluding steroid dienone is 1. The predicted molar refractivity (Wildman–Crippen MR) is 74.0 cm³/mol. The Labute approximate surface area is 109 Å². The lowest BCUT2D eigenvalue weighted by atomic mass is 9.68. The number of ketones is 1. The van der Waals surface area contributed by atoms with E-state index in [9.17, 15) is 4.79 Å². The van der Waals surface area contributed by atoms with Crippen LogP contribution in [-0.2, 0) is 4.79 Å². The van der Waals surface area contributed by atoms with Gasteiger partial charge in [0.2, 0.25) is 0 Å². The third-order valence-electron chi connectivity index (χ3n) is 5.35. The maximum absolute atomic E-state index is 12.3. The highest BCUT2D eigenvalue weighted by atomic mass is 16.1. The van der Waals surface area contributed by atoms with E-state index < -0.39 is 0 Å². The van der Waals surface area contributed by atoms with Gasteiger partial charge in [0.15, 0.2) is 0 Å². The van der Waals surface area contributed by atoms with Crippen molar-refractivity contribution < 1.29 is 4.79 Å². The van der Waals surface area contributed by atoms with Crippen molar-refractivity contribution in [3.8, 4) is 0 Å². The van der Waals surface area contributed by atoms with Crippen molar-refractivity contribution in [3.05, 3.63) is 42.0 Å². The maximum atomic E-state index is 12.3. The molecule has 2 aliphatic rings. The van der Waals surface area contributed by atoms with Crippen molar-refractivity contribution in [1.82, 2.24) is 0 Å². The van der Waals surface area contributed by atoms with Gasteiger partial charge in [-0.05, 0) is 29.7 Å². The second-order valence-corrected chi connectivity index (χ2v) is 6.30. The van der Waals surface area contributed by atoms with Crippen LogP contribution in [0.4, 0.5) is 0 Å². The third-order valence-corrected chi connectivity index (χ3v) is 5.35. The molecule has 3 rings (SSSR count). The number of Topliss-reactive ketones (excluding diaryl/α,β-unsaturated/α-hetero) is 1. The van der Waals surface area contributed by atoms with Crippen LogP contribution in [0, 0.1) is 16.7 Å². The summed E-state index contributed by atoms with van der Waals surface area (Å²) in [5.74, 6) is 1.04. The van der Waals surface area contributed by atoms with Crippen molar-refractivity contribution in [1.29, 1.82) is 0 Å². The first-order valence-electron chi connectivity index (χ1n) is 6.84. The summed E-state index contributed by atoms with van der Waals surface area (Å²) in [4.78, 5) is 12.3. The number of rotatable bonds is 2. The molecule has 0 radical (unpaired) electrons. The van der Waals surface area contributed by atoms with Gasteiger partial charge in [0.1, 0.15) is 5.78 Å². The summed E-state index contributed by atoms with van der Waals surface area (Å²) in [6, 6.07) is 10.3. The normalized spacial score (nSPS) is 33.4. The molecule has 2 fully saturated rings. The van der Waals surface area contributed by atoms with Gasteiger partial charge in [0.25, 0.3) is 0 Å². The van der Waals surface area contributed by atoms with E-state index in [1.165, 1.54) is 12.0 Å². The quantitative estimate of drug-likeness (QED) is 0.760. The van der Waals surface area contributed by atoms with Crippen LogP contribution in [0.25, 0.3) is 6.08 Å². The summed E-state index contributed by atoms with van der Waals surface area (Å²) < 4.78 is 0. The molecule has 0 aliphatic heterocycles. The Morgan fingerprint density at radius 3 is 2.50 bits per heavy atom. The highest BCUT2D eigenvalue weighted by Gasteiger charge is 2.62. The fraction of sp³-hybridized carbons (Fsp3) is 0.471. The van der Waals surface area contributed by atoms with Crippen molar-refractivity contribution >= 4 is 11.9 Å². The lowest BCUT2D eigenvalue weighted by Gasteiger charge is -2.33. The van der Waals surface area contributed by atoms with E-state index in [4.69, 9.17) is 0 Å². The average molecular weight is 240 g/mol. The summed E-state index contributed by atoms with van der Waals surface area (Å²) in [6.45, 7) is 4.54. The first-order chi connectivity index (χ1) is 8.56. The molecule has 1 aromatic rings. The molecule has 0 aromatic heterocycles. The number of carbonyl (C=O) groups is 1. The Bertz CT molecular complexity index is 498. The van der Waals surface area contributed by atoms with E-state index in [1.807, 2.05) is 18.2 Å². The molecule has 2 saturated carbocycles. The van der Waals surface area contributed by atoms with Gasteiger partial charge in [-0.3, -0.25) is 4.79 Å². The number of hydrogen-bond donors (Lipinski definition) is 0. The largest absolute Gasteiger partial charge is 0.299 e. The van der Waals surface area contributed by atoms with Gasteiger partial charge in [0, 0.05) is 6.42 Å². The highest BCUT2D eigenvalue weighted by molar-refractivity contribution is 5.92. The van der Waals surface area contributed by atoms with E-state index in [-0.39, 0.29) is 10.8 Å². The van der Waals surface area contributed by atoms with Crippen LogP contribution in [0.1, 0.15) is 38.7 Å². The van der Waals surface area contributed by atoms with E-state index in [0.29, 0.717) is 11.7 Å². The van der Waals surface area contributed by atoms with Crippen molar-refractivity contribution in [2.75, 3.05) is 0 Å². The maximum Gasteiger partial charge on any atom is 0.143 e. The van der Waals surface area contributed by atoms with Gasteiger partial charge in [-0.1, -0.05) is 56.3 Å². The number of hydrogen-bond acceptors (Lipinski definition) is 1. The molecule has 0 saturated heterocycles. The van der Waals surface area contributed by atoms with Crippen molar-refractivity contribution in [2.24, 2.45) is 16.7 Å². The fourth-order valence-electron chi connectivity index (χ4n) is 3.90. The number of carbonyl (C=O) groups excluding carboxylic acids is 1. The smallest absolute Gasteiger partial charge is 0.143 e. The van der Waals surface area contributed by atoms with Gasteiger partial charge in [-0.2, -0.15) is 0 Å². The summed E-state index contributed by atoms with van der Waals surface area (Å²) in [5.41, 5.74) is 1.12. The van der Waals surface area contributed by atoms with E-state index in [0.717, 1.165) is 12.8 Å². The Hall–Kier alpha value is -1.37. The predicted octanol–water partition coefficient (Wildman–Crippen LogP) is 4.10. The Morgan fingerprint density at radius 2 is 1.94 bits per heavy atom. The third kappa shape index (κ3) is 1.43. The summed E-state index contributed by atoms with van der Waals surface area (Å²) >= 11 is 0. The topological polar surface area (TPSA) is 17.1 Å². The fourth-order valence-corrected chi connectivity index (χ4v) is 3.90.